The smallest absolute Gasteiger partial charge is 0.127 e. The molecule has 20 heavy (non-hydrogen) atoms. The Morgan fingerprint density at radius 1 is 1.20 bits per heavy atom. The highest BCUT2D eigenvalue weighted by molar-refractivity contribution is 5.40. The molecule has 1 heterocycles. The first-order chi connectivity index (χ1) is 9.76. The van der Waals surface area contributed by atoms with Crippen molar-refractivity contribution in [3.05, 3.63) is 23.8 Å². The van der Waals surface area contributed by atoms with Gasteiger partial charge in [0.2, 0.25) is 0 Å². The lowest BCUT2D eigenvalue weighted by atomic mass is 10.0. The highest BCUT2D eigenvalue weighted by atomic mass is 16.5. The summed E-state index contributed by atoms with van der Waals surface area (Å²) in [6, 6.07) is 6.62. The molecular formula is C16H26N2O2. The van der Waals surface area contributed by atoms with E-state index in [0.29, 0.717) is 6.04 Å². The van der Waals surface area contributed by atoms with E-state index >= 15 is 0 Å². The number of ether oxygens (including phenoxy) is 2. The molecule has 0 unspecified atom stereocenters. The van der Waals surface area contributed by atoms with Crippen LogP contribution in [0.5, 0.6) is 11.5 Å². The van der Waals surface area contributed by atoms with Crippen LogP contribution < -0.4 is 14.8 Å². The second kappa shape index (κ2) is 7.50. The lowest BCUT2D eigenvalue weighted by molar-refractivity contribution is 0.205. The van der Waals surface area contributed by atoms with Gasteiger partial charge < -0.3 is 19.7 Å². The monoisotopic (exact) mass is 278 g/mol. The van der Waals surface area contributed by atoms with Crippen LogP contribution in [0.4, 0.5) is 0 Å². The zero-order valence-electron chi connectivity index (χ0n) is 12.8. The second-order valence-corrected chi connectivity index (χ2v) is 5.27. The molecule has 4 heteroatoms. The number of benzene rings is 1. The van der Waals surface area contributed by atoms with Gasteiger partial charge in [-0.1, -0.05) is 13.0 Å². The maximum atomic E-state index is 5.43. The molecule has 0 aliphatic carbocycles. The zero-order chi connectivity index (χ0) is 14.4. The van der Waals surface area contributed by atoms with Crippen molar-refractivity contribution >= 4 is 0 Å². The molecular weight excluding hydrogens is 252 g/mol. The maximum absolute atomic E-state index is 5.43. The van der Waals surface area contributed by atoms with Crippen LogP contribution in [0.3, 0.4) is 0 Å². The predicted molar refractivity (Wildman–Crippen MR) is 81.5 cm³/mol. The van der Waals surface area contributed by atoms with Crippen LogP contribution in [0.1, 0.15) is 25.3 Å². The van der Waals surface area contributed by atoms with Crippen molar-refractivity contribution in [1.29, 1.82) is 0 Å². The van der Waals surface area contributed by atoms with E-state index in [1.165, 1.54) is 38.0 Å². The summed E-state index contributed by atoms with van der Waals surface area (Å²) in [5.74, 6) is 1.73. The number of hydrogen-bond donors (Lipinski definition) is 1. The van der Waals surface area contributed by atoms with Crippen LogP contribution in [-0.2, 0) is 6.54 Å². The minimum Gasteiger partial charge on any atom is -0.497 e. The van der Waals surface area contributed by atoms with Gasteiger partial charge in [0, 0.05) is 24.2 Å². The third-order valence-electron chi connectivity index (χ3n) is 4.11. The van der Waals surface area contributed by atoms with Crippen molar-refractivity contribution in [2.24, 2.45) is 0 Å². The van der Waals surface area contributed by atoms with Gasteiger partial charge in [0.15, 0.2) is 0 Å². The summed E-state index contributed by atoms with van der Waals surface area (Å²) in [6.45, 7) is 6.65. The third-order valence-corrected chi connectivity index (χ3v) is 4.11. The van der Waals surface area contributed by atoms with E-state index in [0.717, 1.165) is 18.0 Å². The van der Waals surface area contributed by atoms with Crippen molar-refractivity contribution in [1.82, 2.24) is 10.2 Å². The fraction of sp³-hybridized carbons (Fsp3) is 0.625. The number of nitrogens with one attached hydrogen (secondary N) is 1. The quantitative estimate of drug-likeness (QED) is 0.865. The van der Waals surface area contributed by atoms with Crippen molar-refractivity contribution < 1.29 is 9.47 Å². The molecule has 1 aromatic carbocycles. The Morgan fingerprint density at radius 2 is 1.95 bits per heavy atom. The Balaban J connectivity index is 1.88. The number of likely N-dealkylation sites (tertiary alicyclic amines) is 1. The molecule has 0 atom stereocenters. The van der Waals surface area contributed by atoms with Gasteiger partial charge in [-0.25, -0.2) is 0 Å². The van der Waals surface area contributed by atoms with Crippen molar-refractivity contribution in [3.63, 3.8) is 0 Å². The van der Waals surface area contributed by atoms with E-state index in [9.17, 15) is 0 Å². The van der Waals surface area contributed by atoms with Gasteiger partial charge in [-0.05, 0) is 38.5 Å². The highest BCUT2D eigenvalue weighted by Gasteiger charge is 2.17. The molecule has 1 aliphatic rings. The minimum atomic E-state index is 0.615. The van der Waals surface area contributed by atoms with E-state index in [-0.39, 0.29) is 0 Å². The van der Waals surface area contributed by atoms with Crippen molar-refractivity contribution in [2.75, 3.05) is 33.9 Å². The Labute approximate surface area is 122 Å². The van der Waals surface area contributed by atoms with Crippen LogP contribution in [0, 0.1) is 0 Å². The molecule has 1 saturated heterocycles. The third kappa shape index (κ3) is 3.87. The molecule has 2 rings (SSSR count). The summed E-state index contributed by atoms with van der Waals surface area (Å²) in [4.78, 5) is 2.51. The molecule has 1 aliphatic heterocycles. The summed E-state index contributed by atoms with van der Waals surface area (Å²) in [6.07, 6.45) is 2.46. The van der Waals surface area contributed by atoms with Gasteiger partial charge in [0.05, 0.1) is 14.2 Å². The molecule has 4 nitrogen and oxygen atoms in total. The average molecular weight is 278 g/mol. The van der Waals surface area contributed by atoms with Crippen LogP contribution in [-0.4, -0.2) is 44.8 Å². The lowest BCUT2D eigenvalue weighted by Crippen LogP contribution is -2.42. The van der Waals surface area contributed by atoms with Gasteiger partial charge in [-0.15, -0.1) is 0 Å². The summed E-state index contributed by atoms with van der Waals surface area (Å²) < 4.78 is 10.7. The number of piperidine rings is 1. The standard InChI is InChI=1S/C16H26N2O2/c1-4-18-9-7-14(8-10-18)17-12-13-5-6-15(19-2)11-16(13)20-3/h5-6,11,14,17H,4,7-10,12H2,1-3H3. The fourth-order valence-electron chi connectivity index (χ4n) is 2.71. The first-order valence-corrected chi connectivity index (χ1v) is 7.43. The average Bonchev–Trinajstić information content (AvgIpc) is 2.53. The van der Waals surface area contributed by atoms with E-state index in [1.54, 1.807) is 14.2 Å². The van der Waals surface area contributed by atoms with E-state index < -0.39 is 0 Å². The molecule has 0 radical (unpaired) electrons. The molecule has 0 saturated carbocycles. The van der Waals surface area contributed by atoms with E-state index in [1.807, 2.05) is 12.1 Å². The first-order valence-electron chi connectivity index (χ1n) is 7.43. The number of methoxy groups -OCH3 is 2. The zero-order valence-corrected chi connectivity index (χ0v) is 12.8. The number of hydrogen-bond acceptors (Lipinski definition) is 4. The summed E-state index contributed by atoms with van der Waals surface area (Å²) in [7, 11) is 3.38. The second-order valence-electron chi connectivity index (χ2n) is 5.27. The fourth-order valence-corrected chi connectivity index (χ4v) is 2.71. The maximum Gasteiger partial charge on any atom is 0.127 e. The van der Waals surface area contributed by atoms with Gasteiger partial charge in [0.25, 0.3) is 0 Å². The van der Waals surface area contributed by atoms with Crippen LogP contribution in [0.2, 0.25) is 0 Å². The molecule has 112 valence electrons. The van der Waals surface area contributed by atoms with Crippen molar-refractivity contribution in [2.45, 2.75) is 32.4 Å². The highest BCUT2D eigenvalue weighted by Crippen LogP contribution is 2.24. The Bertz CT molecular complexity index is 415. The molecule has 1 aromatic rings. The number of rotatable bonds is 6. The van der Waals surface area contributed by atoms with E-state index in [4.69, 9.17) is 9.47 Å². The summed E-state index contributed by atoms with van der Waals surface area (Å²) in [5.41, 5.74) is 1.19. The predicted octanol–water partition coefficient (Wildman–Crippen LogP) is 2.28. The molecule has 1 fully saturated rings. The largest absolute Gasteiger partial charge is 0.497 e. The Kier molecular flexibility index (Phi) is 5.68. The van der Waals surface area contributed by atoms with Gasteiger partial charge >= 0.3 is 0 Å². The molecule has 0 spiro atoms. The molecule has 0 aromatic heterocycles. The lowest BCUT2D eigenvalue weighted by Gasteiger charge is -2.31. The topological polar surface area (TPSA) is 33.7 Å². The SMILES string of the molecule is CCN1CCC(NCc2ccc(OC)cc2OC)CC1. The van der Waals surface area contributed by atoms with E-state index in [2.05, 4.69) is 23.2 Å². The first kappa shape index (κ1) is 15.1. The van der Waals surface area contributed by atoms with Gasteiger partial charge in [-0.2, -0.15) is 0 Å². The van der Waals surface area contributed by atoms with Crippen molar-refractivity contribution in [3.8, 4) is 11.5 Å². The molecule has 0 bridgehead atoms. The molecule has 0 amide bonds. The Hall–Kier alpha value is -1.26. The number of nitrogens with zero attached hydrogens (tertiary/aromatic N) is 1. The van der Waals surface area contributed by atoms with Crippen LogP contribution >= 0.6 is 0 Å². The van der Waals surface area contributed by atoms with Crippen LogP contribution in [0.25, 0.3) is 0 Å². The van der Waals surface area contributed by atoms with Gasteiger partial charge in [0.1, 0.15) is 11.5 Å². The van der Waals surface area contributed by atoms with Crippen LogP contribution in [0.15, 0.2) is 18.2 Å². The minimum absolute atomic E-state index is 0.615. The van der Waals surface area contributed by atoms with Gasteiger partial charge in [-0.3, -0.25) is 0 Å². The summed E-state index contributed by atoms with van der Waals surface area (Å²) >= 11 is 0. The normalized spacial score (nSPS) is 17.1. The Morgan fingerprint density at radius 3 is 2.55 bits per heavy atom. The summed E-state index contributed by atoms with van der Waals surface area (Å²) in [5, 5.41) is 3.65. The molecule has 1 N–H and O–H groups in total.